The third-order valence-electron chi connectivity index (χ3n) is 6.24. The molecule has 1 heterocycles. The quantitative estimate of drug-likeness (QED) is 0.471. The van der Waals surface area contributed by atoms with Crippen molar-refractivity contribution in [3.63, 3.8) is 0 Å². The van der Waals surface area contributed by atoms with Gasteiger partial charge < -0.3 is 14.5 Å². The zero-order chi connectivity index (χ0) is 26.6. The Kier molecular flexibility index (Phi) is 7.77. The van der Waals surface area contributed by atoms with E-state index in [1.54, 1.807) is 60.5 Å². The minimum absolute atomic E-state index is 0.0763. The maximum Gasteiger partial charge on any atom is 0.258 e. The molecule has 1 aliphatic heterocycles. The molecule has 8 nitrogen and oxygen atoms in total. The van der Waals surface area contributed by atoms with Crippen molar-refractivity contribution in [2.75, 3.05) is 55.9 Å². The number of hydrogen-bond acceptors (Lipinski definition) is 6. The highest BCUT2D eigenvalue weighted by atomic mass is 32.2. The molecule has 37 heavy (non-hydrogen) atoms. The lowest BCUT2D eigenvalue weighted by Crippen LogP contribution is -2.52. The fraction of sp³-hybridized carbons (Fsp3) is 0.259. The molecular weight excluding hydrogens is 497 g/mol. The number of benzene rings is 3. The van der Waals surface area contributed by atoms with Gasteiger partial charge in [0.2, 0.25) is 5.91 Å². The van der Waals surface area contributed by atoms with Crippen LogP contribution in [0, 0.1) is 5.82 Å². The van der Waals surface area contributed by atoms with Gasteiger partial charge in [0.25, 0.3) is 5.91 Å². The van der Waals surface area contributed by atoms with Crippen molar-refractivity contribution in [2.45, 2.75) is 4.90 Å². The number of para-hydroxylation sites is 1. The Morgan fingerprint density at radius 1 is 0.946 bits per heavy atom. The van der Waals surface area contributed by atoms with Crippen LogP contribution in [-0.4, -0.2) is 71.2 Å². The van der Waals surface area contributed by atoms with Crippen LogP contribution in [0.5, 0.6) is 5.75 Å². The second kappa shape index (κ2) is 11.0. The zero-order valence-electron chi connectivity index (χ0n) is 20.6. The van der Waals surface area contributed by atoms with Gasteiger partial charge in [-0.1, -0.05) is 18.2 Å². The summed E-state index contributed by atoms with van der Waals surface area (Å²) < 4.78 is 43.3. The molecule has 0 bridgehead atoms. The van der Waals surface area contributed by atoms with Crippen LogP contribution in [-0.2, 0) is 14.6 Å². The van der Waals surface area contributed by atoms with Crippen molar-refractivity contribution in [3.8, 4) is 5.75 Å². The van der Waals surface area contributed by atoms with Gasteiger partial charge in [-0.15, -0.1) is 0 Å². The van der Waals surface area contributed by atoms with Crippen LogP contribution in [0.2, 0.25) is 0 Å². The van der Waals surface area contributed by atoms with Crippen molar-refractivity contribution >= 4 is 33.0 Å². The van der Waals surface area contributed by atoms with Crippen LogP contribution in [0.4, 0.5) is 15.8 Å². The number of halogens is 1. The molecule has 1 fully saturated rings. The number of carbonyl (C=O) groups is 2. The van der Waals surface area contributed by atoms with Crippen molar-refractivity contribution in [1.29, 1.82) is 0 Å². The molecule has 0 radical (unpaired) electrons. The number of sulfone groups is 1. The highest BCUT2D eigenvalue weighted by molar-refractivity contribution is 7.90. The van der Waals surface area contributed by atoms with Crippen molar-refractivity contribution in [3.05, 3.63) is 84.2 Å². The molecule has 3 aromatic rings. The minimum Gasteiger partial charge on any atom is -0.497 e. The molecular formula is C27H28FN3O5S. The third kappa shape index (κ3) is 6.08. The first kappa shape index (κ1) is 26.2. The molecule has 3 aromatic carbocycles. The second-order valence-electron chi connectivity index (χ2n) is 8.71. The number of piperazine rings is 1. The van der Waals surface area contributed by atoms with Crippen LogP contribution in [0.1, 0.15) is 10.4 Å². The van der Waals surface area contributed by atoms with Crippen molar-refractivity contribution < 1.29 is 27.1 Å². The topological polar surface area (TPSA) is 87.2 Å². The molecule has 0 atom stereocenters. The first-order valence-corrected chi connectivity index (χ1v) is 13.6. The van der Waals surface area contributed by atoms with E-state index < -0.39 is 15.7 Å². The largest absolute Gasteiger partial charge is 0.497 e. The van der Waals surface area contributed by atoms with Gasteiger partial charge in [0.05, 0.1) is 17.7 Å². The summed E-state index contributed by atoms with van der Waals surface area (Å²) in [7, 11) is -2.09. The summed E-state index contributed by atoms with van der Waals surface area (Å²) in [4.78, 5) is 31.5. The molecule has 0 spiro atoms. The molecule has 10 heteroatoms. The smallest absolute Gasteiger partial charge is 0.258 e. The molecule has 4 rings (SSSR count). The molecule has 0 aliphatic carbocycles. The summed E-state index contributed by atoms with van der Waals surface area (Å²) in [6.45, 7) is 1.26. The molecule has 194 valence electrons. The van der Waals surface area contributed by atoms with Gasteiger partial charge in [-0.25, -0.2) is 12.8 Å². The minimum atomic E-state index is -3.64. The fourth-order valence-electron chi connectivity index (χ4n) is 4.26. The highest BCUT2D eigenvalue weighted by Crippen LogP contribution is 2.27. The lowest BCUT2D eigenvalue weighted by molar-refractivity contribution is -0.129. The van der Waals surface area contributed by atoms with E-state index in [-0.39, 0.29) is 23.3 Å². The molecule has 0 saturated carbocycles. The molecule has 1 saturated heterocycles. The van der Waals surface area contributed by atoms with E-state index in [9.17, 15) is 22.4 Å². The number of anilines is 2. The van der Waals surface area contributed by atoms with E-state index >= 15 is 0 Å². The predicted octanol–water partition coefficient (Wildman–Crippen LogP) is 3.23. The van der Waals surface area contributed by atoms with E-state index in [0.29, 0.717) is 48.9 Å². The number of amides is 2. The van der Waals surface area contributed by atoms with Gasteiger partial charge in [0, 0.05) is 43.7 Å². The summed E-state index contributed by atoms with van der Waals surface area (Å²) >= 11 is 0. The first-order valence-electron chi connectivity index (χ1n) is 11.7. The van der Waals surface area contributed by atoms with Crippen molar-refractivity contribution in [1.82, 2.24) is 4.90 Å². The lowest BCUT2D eigenvalue weighted by atomic mass is 10.1. The Morgan fingerprint density at radius 2 is 1.59 bits per heavy atom. The van der Waals surface area contributed by atoms with E-state index in [0.717, 1.165) is 12.3 Å². The number of nitrogens with zero attached hydrogens (tertiary/aromatic N) is 3. The number of hydrogen-bond donors (Lipinski definition) is 0. The van der Waals surface area contributed by atoms with E-state index in [2.05, 4.69) is 0 Å². The Bertz CT molecular complexity index is 1370. The van der Waals surface area contributed by atoms with Crippen LogP contribution < -0.4 is 14.5 Å². The van der Waals surface area contributed by atoms with Crippen LogP contribution in [0.25, 0.3) is 0 Å². The summed E-state index contributed by atoms with van der Waals surface area (Å²) in [5.74, 6) is -0.546. The second-order valence-corrected chi connectivity index (χ2v) is 10.7. The van der Waals surface area contributed by atoms with Gasteiger partial charge in [0.15, 0.2) is 9.84 Å². The summed E-state index contributed by atoms with van der Waals surface area (Å²) in [6.07, 6.45) is 1.04. The third-order valence-corrected chi connectivity index (χ3v) is 7.36. The molecule has 0 N–H and O–H groups in total. The van der Waals surface area contributed by atoms with Crippen LogP contribution in [0.15, 0.2) is 77.7 Å². The van der Waals surface area contributed by atoms with Crippen LogP contribution >= 0.6 is 0 Å². The maximum absolute atomic E-state index is 13.7. The van der Waals surface area contributed by atoms with E-state index in [1.807, 2.05) is 11.0 Å². The highest BCUT2D eigenvalue weighted by Gasteiger charge is 2.28. The summed E-state index contributed by atoms with van der Waals surface area (Å²) in [5, 5.41) is 0. The number of ether oxygens (including phenoxy) is 1. The monoisotopic (exact) mass is 525 g/mol. The van der Waals surface area contributed by atoms with Gasteiger partial charge >= 0.3 is 0 Å². The average Bonchev–Trinajstić information content (AvgIpc) is 2.91. The molecule has 0 aromatic heterocycles. The SMILES string of the molecule is COc1ccc(C(=O)N(CC(=O)N2CCN(c3ccc(F)cc3S(C)(=O)=O)CC2)c2ccccc2)cc1. The number of rotatable bonds is 7. The maximum atomic E-state index is 13.7. The fourth-order valence-corrected chi connectivity index (χ4v) is 5.16. The Labute approximate surface area is 215 Å². The first-order chi connectivity index (χ1) is 17.7. The van der Waals surface area contributed by atoms with E-state index in [4.69, 9.17) is 4.74 Å². The normalized spacial score (nSPS) is 13.8. The Balaban J connectivity index is 1.49. The number of methoxy groups -OCH3 is 1. The molecule has 0 unspecified atom stereocenters. The lowest BCUT2D eigenvalue weighted by Gasteiger charge is -2.37. The Hall–Kier alpha value is -3.92. The van der Waals surface area contributed by atoms with Gasteiger partial charge in [-0.2, -0.15) is 0 Å². The van der Waals surface area contributed by atoms with Gasteiger partial charge in [-0.05, 0) is 54.6 Å². The van der Waals surface area contributed by atoms with Gasteiger partial charge in [0.1, 0.15) is 18.1 Å². The van der Waals surface area contributed by atoms with Crippen molar-refractivity contribution in [2.24, 2.45) is 0 Å². The summed E-state index contributed by atoms with van der Waals surface area (Å²) in [5.41, 5.74) is 1.43. The average molecular weight is 526 g/mol. The standard InChI is InChI=1S/C27H28FN3O5S/c1-36-23-11-8-20(9-12-23)27(33)31(22-6-4-3-5-7-22)19-26(32)30-16-14-29(15-17-30)24-13-10-21(28)18-25(24)37(2,34)35/h3-13,18H,14-17,19H2,1-2H3. The Morgan fingerprint density at radius 3 is 2.19 bits per heavy atom. The van der Waals surface area contributed by atoms with E-state index in [1.165, 1.54) is 17.0 Å². The van der Waals surface area contributed by atoms with Gasteiger partial charge in [-0.3, -0.25) is 14.5 Å². The number of carbonyl (C=O) groups excluding carboxylic acids is 2. The predicted molar refractivity (Wildman–Crippen MR) is 139 cm³/mol. The van der Waals surface area contributed by atoms with Crippen LogP contribution in [0.3, 0.4) is 0 Å². The molecule has 2 amide bonds. The zero-order valence-corrected chi connectivity index (χ0v) is 21.4. The molecule has 1 aliphatic rings. The summed E-state index contributed by atoms with van der Waals surface area (Å²) in [6, 6.07) is 19.4.